The molecule has 2 aliphatic heterocycles. The number of hydrogen-bond acceptors (Lipinski definition) is 3. The molecule has 2 rings (SSSR count). The van der Waals surface area contributed by atoms with Crippen molar-refractivity contribution < 1.29 is 14.6 Å². The predicted molar refractivity (Wildman–Crippen MR) is 50.7 cm³/mol. The third-order valence-corrected chi connectivity index (χ3v) is 2.99. The average molecular weight is 199 g/mol. The van der Waals surface area contributed by atoms with Crippen molar-refractivity contribution in [2.24, 2.45) is 5.92 Å². The zero-order valence-corrected chi connectivity index (χ0v) is 8.32. The van der Waals surface area contributed by atoms with E-state index in [4.69, 9.17) is 9.84 Å². The molecule has 0 saturated carbocycles. The fourth-order valence-electron chi connectivity index (χ4n) is 2.02. The third-order valence-electron chi connectivity index (χ3n) is 2.99. The quantitative estimate of drug-likeness (QED) is 0.696. The summed E-state index contributed by atoms with van der Waals surface area (Å²) in [7, 11) is 0. The van der Waals surface area contributed by atoms with Crippen molar-refractivity contribution >= 4 is 5.91 Å². The van der Waals surface area contributed by atoms with Crippen LogP contribution in [0.3, 0.4) is 0 Å². The van der Waals surface area contributed by atoms with Gasteiger partial charge in [-0.2, -0.15) is 0 Å². The lowest BCUT2D eigenvalue weighted by atomic mass is 10.00. The Morgan fingerprint density at radius 3 is 2.86 bits per heavy atom. The number of ether oxygens (including phenoxy) is 1. The summed E-state index contributed by atoms with van der Waals surface area (Å²) >= 11 is 0. The summed E-state index contributed by atoms with van der Waals surface area (Å²) in [6, 6.07) is 0. The summed E-state index contributed by atoms with van der Waals surface area (Å²) in [6.07, 6.45) is 2.77. The fraction of sp³-hybridized carbons (Fsp3) is 0.900. The molecule has 2 fully saturated rings. The maximum atomic E-state index is 11.6. The molecule has 14 heavy (non-hydrogen) atoms. The molecule has 2 aliphatic rings. The van der Waals surface area contributed by atoms with Crippen LogP contribution in [0, 0.1) is 5.92 Å². The summed E-state index contributed by atoms with van der Waals surface area (Å²) in [5, 5.41) is 8.81. The minimum atomic E-state index is 0.149. The number of likely N-dealkylation sites (tertiary alicyclic amines) is 1. The Hall–Kier alpha value is -0.610. The highest BCUT2D eigenvalue weighted by atomic mass is 16.5. The summed E-state index contributed by atoms with van der Waals surface area (Å²) in [4.78, 5) is 13.4. The lowest BCUT2D eigenvalue weighted by Crippen LogP contribution is -2.51. The summed E-state index contributed by atoms with van der Waals surface area (Å²) in [5.41, 5.74) is 0. The van der Waals surface area contributed by atoms with Gasteiger partial charge in [-0.1, -0.05) is 0 Å². The minimum absolute atomic E-state index is 0.149. The van der Waals surface area contributed by atoms with E-state index < -0.39 is 0 Å². The van der Waals surface area contributed by atoms with E-state index in [2.05, 4.69) is 0 Å². The Kier molecular flexibility index (Phi) is 3.03. The van der Waals surface area contributed by atoms with Crippen LogP contribution in [0.2, 0.25) is 0 Å². The smallest absolute Gasteiger partial charge is 0.225 e. The summed E-state index contributed by atoms with van der Waals surface area (Å²) in [6.45, 7) is 2.45. The zero-order chi connectivity index (χ0) is 9.97. The fourth-order valence-corrected chi connectivity index (χ4v) is 2.02. The molecule has 0 spiro atoms. The van der Waals surface area contributed by atoms with Crippen molar-refractivity contribution in [1.29, 1.82) is 0 Å². The molecule has 2 saturated heterocycles. The molecule has 4 heteroatoms. The van der Waals surface area contributed by atoms with E-state index >= 15 is 0 Å². The van der Waals surface area contributed by atoms with Crippen LogP contribution in [0.1, 0.15) is 19.3 Å². The molecule has 2 heterocycles. The maximum absolute atomic E-state index is 11.6. The number of carbonyl (C=O) groups is 1. The lowest BCUT2D eigenvalue weighted by molar-refractivity contribution is -0.140. The largest absolute Gasteiger partial charge is 0.396 e. The number of aliphatic hydroxyl groups excluding tert-OH is 1. The second kappa shape index (κ2) is 4.28. The van der Waals surface area contributed by atoms with Crippen LogP contribution in [0.4, 0.5) is 0 Å². The van der Waals surface area contributed by atoms with Gasteiger partial charge >= 0.3 is 0 Å². The lowest BCUT2D eigenvalue weighted by Gasteiger charge is -2.38. The van der Waals surface area contributed by atoms with Crippen LogP contribution in [0.25, 0.3) is 0 Å². The Bertz CT molecular complexity index is 207. The van der Waals surface area contributed by atoms with E-state index in [0.717, 1.165) is 32.5 Å². The first-order chi connectivity index (χ1) is 6.79. The van der Waals surface area contributed by atoms with Crippen LogP contribution < -0.4 is 0 Å². The van der Waals surface area contributed by atoms with Gasteiger partial charge in [0.25, 0.3) is 0 Å². The van der Waals surface area contributed by atoms with Gasteiger partial charge in [0.2, 0.25) is 5.91 Å². The predicted octanol–water partition coefficient (Wildman–Crippen LogP) is 0.00620. The van der Waals surface area contributed by atoms with E-state index in [1.54, 1.807) is 0 Å². The van der Waals surface area contributed by atoms with Crippen molar-refractivity contribution in [1.82, 2.24) is 4.90 Å². The van der Waals surface area contributed by atoms with Gasteiger partial charge in [-0.15, -0.1) is 0 Å². The third kappa shape index (κ3) is 2.07. The molecule has 0 aromatic carbocycles. The molecule has 0 bridgehead atoms. The van der Waals surface area contributed by atoms with Crippen molar-refractivity contribution in [3.8, 4) is 0 Å². The Morgan fingerprint density at radius 2 is 2.29 bits per heavy atom. The molecule has 0 aromatic heterocycles. The maximum Gasteiger partial charge on any atom is 0.225 e. The van der Waals surface area contributed by atoms with Gasteiger partial charge in [-0.05, 0) is 12.8 Å². The number of hydrogen-bond donors (Lipinski definition) is 1. The first-order valence-corrected chi connectivity index (χ1v) is 5.30. The summed E-state index contributed by atoms with van der Waals surface area (Å²) < 4.78 is 5.40. The first-order valence-electron chi connectivity index (χ1n) is 5.30. The van der Waals surface area contributed by atoms with E-state index in [1.165, 1.54) is 0 Å². The second-order valence-corrected chi connectivity index (χ2v) is 4.19. The molecule has 1 atom stereocenters. The van der Waals surface area contributed by atoms with Crippen LogP contribution in [0.15, 0.2) is 0 Å². The highest BCUT2D eigenvalue weighted by Gasteiger charge is 2.31. The molecule has 80 valence electrons. The van der Waals surface area contributed by atoms with Crippen LogP contribution in [-0.2, 0) is 9.53 Å². The molecule has 1 N–H and O–H groups in total. The Labute approximate surface area is 83.8 Å². The number of aliphatic hydroxyl groups is 1. The molecular weight excluding hydrogens is 182 g/mol. The summed E-state index contributed by atoms with van der Waals surface area (Å²) in [5.74, 6) is 0.491. The minimum Gasteiger partial charge on any atom is -0.396 e. The van der Waals surface area contributed by atoms with Crippen molar-refractivity contribution in [3.63, 3.8) is 0 Å². The van der Waals surface area contributed by atoms with E-state index in [1.807, 2.05) is 4.90 Å². The van der Waals surface area contributed by atoms with Crippen molar-refractivity contribution in [3.05, 3.63) is 0 Å². The van der Waals surface area contributed by atoms with Crippen LogP contribution >= 0.6 is 0 Å². The zero-order valence-electron chi connectivity index (χ0n) is 8.32. The molecule has 0 aliphatic carbocycles. The first kappa shape index (κ1) is 9.93. The number of amides is 1. The van der Waals surface area contributed by atoms with Gasteiger partial charge in [-0.3, -0.25) is 4.79 Å². The number of carbonyl (C=O) groups excluding carboxylic acids is 1. The standard InChI is InChI=1S/C10H17NO3/c12-7-8-5-11(6-8)10(13)4-9-2-1-3-14-9/h8-9,12H,1-7H2. The molecular formula is C10H17NO3. The van der Waals surface area contributed by atoms with Gasteiger partial charge in [0.05, 0.1) is 12.5 Å². The van der Waals surface area contributed by atoms with E-state index in [-0.39, 0.29) is 18.6 Å². The SMILES string of the molecule is O=C(CC1CCCO1)N1CC(CO)C1. The van der Waals surface area contributed by atoms with Gasteiger partial charge in [0.1, 0.15) is 0 Å². The second-order valence-electron chi connectivity index (χ2n) is 4.19. The van der Waals surface area contributed by atoms with Gasteiger partial charge < -0.3 is 14.7 Å². The number of rotatable bonds is 3. The molecule has 0 radical (unpaired) electrons. The van der Waals surface area contributed by atoms with Crippen LogP contribution in [0.5, 0.6) is 0 Å². The van der Waals surface area contributed by atoms with Crippen LogP contribution in [-0.4, -0.2) is 48.3 Å². The molecule has 4 nitrogen and oxygen atoms in total. The average Bonchev–Trinajstić information content (AvgIpc) is 2.54. The molecule has 1 unspecified atom stereocenters. The normalized spacial score (nSPS) is 27.8. The van der Waals surface area contributed by atoms with Gasteiger partial charge in [-0.25, -0.2) is 0 Å². The van der Waals surface area contributed by atoms with Crippen molar-refractivity contribution in [2.75, 3.05) is 26.3 Å². The highest BCUT2D eigenvalue weighted by molar-refractivity contribution is 5.77. The Morgan fingerprint density at radius 1 is 1.50 bits per heavy atom. The number of nitrogens with zero attached hydrogens (tertiary/aromatic N) is 1. The van der Waals surface area contributed by atoms with E-state index in [0.29, 0.717) is 12.3 Å². The van der Waals surface area contributed by atoms with Gasteiger partial charge in [0.15, 0.2) is 0 Å². The monoisotopic (exact) mass is 199 g/mol. The van der Waals surface area contributed by atoms with Gasteiger partial charge in [0, 0.05) is 32.2 Å². The van der Waals surface area contributed by atoms with Crippen molar-refractivity contribution in [2.45, 2.75) is 25.4 Å². The van der Waals surface area contributed by atoms with E-state index in [9.17, 15) is 4.79 Å². The topological polar surface area (TPSA) is 49.8 Å². The Balaban J connectivity index is 1.69. The highest BCUT2D eigenvalue weighted by Crippen LogP contribution is 2.20. The molecule has 1 amide bonds. The molecule has 0 aromatic rings.